The topological polar surface area (TPSA) is 68.6 Å². The molecule has 1 aliphatic heterocycles. The molecule has 1 saturated carbocycles. The van der Waals surface area contributed by atoms with Crippen molar-refractivity contribution in [3.05, 3.63) is 42.0 Å². The Morgan fingerprint density at radius 3 is 2.79 bits per heavy atom. The van der Waals surface area contributed by atoms with Crippen LogP contribution in [0.1, 0.15) is 47.9 Å². The number of amides is 1. The molecule has 1 unspecified atom stereocenters. The van der Waals surface area contributed by atoms with E-state index in [0.717, 1.165) is 25.2 Å². The third kappa shape index (κ3) is 3.71. The van der Waals surface area contributed by atoms with Gasteiger partial charge in [-0.15, -0.1) is 0 Å². The van der Waals surface area contributed by atoms with Crippen molar-refractivity contribution in [1.29, 1.82) is 0 Å². The highest BCUT2D eigenvalue weighted by Crippen LogP contribution is 2.33. The number of hydrogen-bond donors (Lipinski definition) is 1. The van der Waals surface area contributed by atoms with Crippen LogP contribution >= 0.6 is 0 Å². The van der Waals surface area contributed by atoms with Crippen molar-refractivity contribution in [1.82, 2.24) is 19.8 Å². The SMILES string of the molecule is COc1cc(C(=O)N2CCNCC2c2nccn2C)ccc1OC1CCCC1. The van der Waals surface area contributed by atoms with Gasteiger partial charge < -0.3 is 24.3 Å². The van der Waals surface area contributed by atoms with Crippen LogP contribution in [-0.2, 0) is 7.05 Å². The molecule has 0 radical (unpaired) electrons. The molecule has 0 bridgehead atoms. The molecule has 2 aliphatic rings. The van der Waals surface area contributed by atoms with Gasteiger partial charge in [-0.25, -0.2) is 4.98 Å². The highest BCUT2D eigenvalue weighted by molar-refractivity contribution is 5.95. The van der Waals surface area contributed by atoms with Crippen LogP contribution in [0.3, 0.4) is 0 Å². The summed E-state index contributed by atoms with van der Waals surface area (Å²) in [6.45, 7) is 2.10. The van der Waals surface area contributed by atoms with Gasteiger partial charge in [-0.05, 0) is 43.9 Å². The van der Waals surface area contributed by atoms with E-state index in [1.165, 1.54) is 12.8 Å². The first-order valence-electron chi connectivity index (χ1n) is 10.0. The number of piperazine rings is 1. The number of imidazole rings is 1. The van der Waals surface area contributed by atoms with Crippen molar-refractivity contribution >= 4 is 5.91 Å². The maximum atomic E-state index is 13.3. The van der Waals surface area contributed by atoms with Crippen LogP contribution in [0.4, 0.5) is 0 Å². The Labute approximate surface area is 165 Å². The van der Waals surface area contributed by atoms with Gasteiger partial charge in [0.15, 0.2) is 11.5 Å². The summed E-state index contributed by atoms with van der Waals surface area (Å²) in [5.41, 5.74) is 0.608. The summed E-state index contributed by atoms with van der Waals surface area (Å²) < 4.78 is 13.6. The van der Waals surface area contributed by atoms with Crippen molar-refractivity contribution in [2.45, 2.75) is 37.8 Å². The molecule has 1 saturated heterocycles. The molecule has 2 fully saturated rings. The number of hydrogen-bond acceptors (Lipinski definition) is 5. The monoisotopic (exact) mass is 384 g/mol. The third-order valence-corrected chi connectivity index (χ3v) is 5.67. The zero-order valence-corrected chi connectivity index (χ0v) is 16.6. The van der Waals surface area contributed by atoms with Crippen LogP contribution in [0.2, 0.25) is 0 Å². The first-order chi connectivity index (χ1) is 13.7. The van der Waals surface area contributed by atoms with E-state index in [2.05, 4.69) is 10.3 Å². The van der Waals surface area contributed by atoms with Crippen molar-refractivity contribution in [3.63, 3.8) is 0 Å². The van der Waals surface area contributed by atoms with Gasteiger partial charge in [0.1, 0.15) is 11.9 Å². The van der Waals surface area contributed by atoms with Gasteiger partial charge >= 0.3 is 0 Å². The van der Waals surface area contributed by atoms with E-state index in [0.29, 0.717) is 30.2 Å². The number of nitrogens with one attached hydrogen (secondary N) is 1. The molecule has 7 nitrogen and oxygen atoms in total. The zero-order chi connectivity index (χ0) is 19.5. The summed E-state index contributed by atoms with van der Waals surface area (Å²) >= 11 is 0. The number of aryl methyl sites for hydroxylation is 1. The Balaban J connectivity index is 1.56. The third-order valence-electron chi connectivity index (χ3n) is 5.67. The van der Waals surface area contributed by atoms with Crippen LogP contribution in [-0.4, -0.2) is 53.2 Å². The first kappa shape index (κ1) is 18.8. The Kier molecular flexibility index (Phi) is 5.52. The van der Waals surface area contributed by atoms with E-state index < -0.39 is 0 Å². The van der Waals surface area contributed by atoms with Crippen molar-refractivity contribution in [2.24, 2.45) is 7.05 Å². The van der Waals surface area contributed by atoms with Gasteiger partial charge in [-0.1, -0.05) is 0 Å². The van der Waals surface area contributed by atoms with E-state index in [1.54, 1.807) is 19.4 Å². The fraction of sp³-hybridized carbons (Fsp3) is 0.524. The lowest BCUT2D eigenvalue weighted by Gasteiger charge is -2.36. The van der Waals surface area contributed by atoms with Crippen LogP contribution in [0.15, 0.2) is 30.6 Å². The van der Waals surface area contributed by atoms with Crippen LogP contribution in [0.25, 0.3) is 0 Å². The molecule has 4 rings (SSSR count). The average Bonchev–Trinajstić information content (AvgIpc) is 3.39. The summed E-state index contributed by atoms with van der Waals surface area (Å²) in [4.78, 5) is 19.7. The smallest absolute Gasteiger partial charge is 0.254 e. The molecule has 1 N–H and O–H groups in total. The lowest BCUT2D eigenvalue weighted by Crippen LogP contribution is -2.49. The van der Waals surface area contributed by atoms with Crippen LogP contribution in [0.5, 0.6) is 11.5 Å². The lowest BCUT2D eigenvalue weighted by molar-refractivity contribution is 0.0620. The van der Waals surface area contributed by atoms with Gasteiger partial charge in [-0.2, -0.15) is 0 Å². The molecule has 1 aliphatic carbocycles. The van der Waals surface area contributed by atoms with E-state index in [1.807, 2.05) is 34.8 Å². The van der Waals surface area contributed by atoms with E-state index in [9.17, 15) is 4.79 Å². The second-order valence-corrected chi connectivity index (χ2v) is 7.50. The number of carbonyl (C=O) groups is 1. The Morgan fingerprint density at radius 1 is 1.25 bits per heavy atom. The van der Waals surface area contributed by atoms with Gasteiger partial charge in [0.05, 0.1) is 13.2 Å². The average molecular weight is 384 g/mol. The zero-order valence-electron chi connectivity index (χ0n) is 16.6. The fourth-order valence-corrected chi connectivity index (χ4v) is 4.13. The Hall–Kier alpha value is -2.54. The fourth-order valence-electron chi connectivity index (χ4n) is 4.13. The predicted octanol–water partition coefficient (Wildman–Crippen LogP) is 2.54. The first-order valence-corrected chi connectivity index (χ1v) is 10.0. The molecule has 1 aromatic carbocycles. The quantitative estimate of drug-likeness (QED) is 0.858. The summed E-state index contributed by atoms with van der Waals surface area (Å²) in [5.74, 6) is 2.20. The maximum absolute atomic E-state index is 13.3. The summed E-state index contributed by atoms with van der Waals surface area (Å²) in [6, 6.07) is 5.40. The number of aromatic nitrogens is 2. The molecular formula is C21H28N4O3. The van der Waals surface area contributed by atoms with E-state index >= 15 is 0 Å². The standard InChI is InChI=1S/C21H28N4O3/c1-24-11-10-23-20(24)17-14-22-9-12-25(17)21(26)15-7-8-18(19(13-15)27-2)28-16-5-3-4-6-16/h7-8,10-11,13,16-17,22H,3-6,9,12,14H2,1-2H3. The second kappa shape index (κ2) is 8.22. The minimum atomic E-state index is -0.0957. The molecular weight excluding hydrogens is 356 g/mol. The van der Waals surface area contributed by atoms with Gasteiger partial charge in [0.25, 0.3) is 5.91 Å². The highest BCUT2D eigenvalue weighted by Gasteiger charge is 2.31. The molecule has 1 aromatic heterocycles. The van der Waals surface area contributed by atoms with Gasteiger partial charge in [0.2, 0.25) is 0 Å². The molecule has 2 aromatic rings. The second-order valence-electron chi connectivity index (χ2n) is 7.50. The molecule has 1 atom stereocenters. The van der Waals surface area contributed by atoms with Gasteiger partial charge in [-0.3, -0.25) is 4.79 Å². The molecule has 28 heavy (non-hydrogen) atoms. The normalized spacial score (nSPS) is 20.4. The summed E-state index contributed by atoms with van der Waals surface area (Å²) in [5, 5.41) is 3.37. The van der Waals surface area contributed by atoms with Crippen molar-refractivity contribution in [3.8, 4) is 11.5 Å². The van der Waals surface area contributed by atoms with E-state index in [-0.39, 0.29) is 18.1 Å². The molecule has 150 valence electrons. The molecule has 0 spiro atoms. The number of methoxy groups -OCH3 is 1. The highest BCUT2D eigenvalue weighted by atomic mass is 16.5. The molecule has 2 heterocycles. The largest absolute Gasteiger partial charge is 0.493 e. The number of nitrogens with zero attached hydrogens (tertiary/aromatic N) is 3. The Bertz CT molecular complexity index is 829. The van der Waals surface area contributed by atoms with Crippen LogP contribution in [0, 0.1) is 0 Å². The number of ether oxygens (including phenoxy) is 2. The van der Waals surface area contributed by atoms with Gasteiger partial charge in [0, 0.05) is 44.6 Å². The van der Waals surface area contributed by atoms with Crippen molar-refractivity contribution < 1.29 is 14.3 Å². The van der Waals surface area contributed by atoms with E-state index in [4.69, 9.17) is 9.47 Å². The van der Waals surface area contributed by atoms with Crippen molar-refractivity contribution in [2.75, 3.05) is 26.7 Å². The minimum absolute atomic E-state index is 0.0137. The minimum Gasteiger partial charge on any atom is -0.493 e. The number of benzene rings is 1. The summed E-state index contributed by atoms with van der Waals surface area (Å²) in [6.07, 6.45) is 8.50. The summed E-state index contributed by atoms with van der Waals surface area (Å²) in [7, 11) is 3.57. The lowest BCUT2D eigenvalue weighted by atomic mass is 10.1. The number of rotatable bonds is 5. The van der Waals surface area contributed by atoms with Crippen LogP contribution < -0.4 is 14.8 Å². The predicted molar refractivity (Wildman–Crippen MR) is 106 cm³/mol. The maximum Gasteiger partial charge on any atom is 0.254 e. The molecule has 1 amide bonds. The molecule has 7 heteroatoms. The number of carbonyl (C=O) groups excluding carboxylic acids is 1. The Morgan fingerprint density at radius 2 is 2.07 bits per heavy atom.